The van der Waals surface area contributed by atoms with Crippen LogP contribution in [0.25, 0.3) is 0 Å². The quantitative estimate of drug-likeness (QED) is 0.482. The number of carbonyl (C=O) groups is 1. The van der Waals surface area contributed by atoms with Crippen LogP contribution in [-0.2, 0) is 13.0 Å². The molecule has 2 rings (SSSR count). The van der Waals surface area contributed by atoms with Gasteiger partial charge in [-0.25, -0.2) is 4.79 Å². The normalized spacial score (nSPS) is 10.8. The number of carboxylic acid groups (broad SMARTS) is 1. The summed E-state index contributed by atoms with van der Waals surface area (Å²) in [4.78, 5) is 10.9. The van der Waals surface area contributed by atoms with Gasteiger partial charge in [-0.15, -0.1) is 10.2 Å². The Kier molecular flexibility index (Phi) is 7.78. The molecule has 0 fully saturated rings. The van der Waals surface area contributed by atoms with Crippen LogP contribution in [0.1, 0.15) is 49.3 Å². The maximum absolute atomic E-state index is 10.9. The van der Waals surface area contributed by atoms with Crippen molar-refractivity contribution in [2.75, 3.05) is 12.4 Å². The number of nitrogens with zero attached hydrogens (tertiary/aromatic N) is 3. The molecule has 7 heteroatoms. The maximum atomic E-state index is 10.9. The second-order valence-corrected chi connectivity index (χ2v) is 6.69. The van der Waals surface area contributed by atoms with Crippen molar-refractivity contribution in [1.82, 2.24) is 14.8 Å². The number of benzene rings is 1. The Bertz CT molecular complexity index is 688. The number of aromatic nitrogens is 3. The van der Waals surface area contributed by atoms with E-state index >= 15 is 0 Å². The molecule has 1 aromatic carbocycles. The van der Waals surface area contributed by atoms with Gasteiger partial charge in [-0.3, -0.25) is 0 Å². The molecule has 0 aliphatic heterocycles. The summed E-state index contributed by atoms with van der Waals surface area (Å²) in [5, 5.41) is 18.5. The van der Waals surface area contributed by atoms with Crippen molar-refractivity contribution in [3.05, 3.63) is 35.7 Å². The van der Waals surface area contributed by atoms with E-state index in [1.165, 1.54) is 0 Å². The molecule has 0 atom stereocenters. The highest BCUT2D eigenvalue weighted by Crippen LogP contribution is 2.19. The van der Waals surface area contributed by atoms with Crippen LogP contribution in [0.2, 0.25) is 0 Å². The van der Waals surface area contributed by atoms with Crippen molar-refractivity contribution < 1.29 is 14.6 Å². The molecule has 25 heavy (non-hydrogen) atoms. The number of carboxylic acids is 1. The fourth-order valence-electron chi connectivity index (χ4n) is 2.39. The van der Waals surface area contributed by atoms with Gasteiger partial charge in [0, 0.05) is 18.7 Å². The molecular weight excluding hydrogens is 338 g/mol. The number of rotatable bonds is 11. The van der Waals surface area contributed by atoms with Crippen LogP contribution in [0.4, 0.5) is 0 Å². The van der Waals surface area contributed by atoms with Crippen LogP contribution in [0.15, 0.2) is 29.4 Å². The molecule has 0 aliphatic rings. The van der Waals surface area contributed by atoms with Crippen molar-refractivity contribution in [2.24, 2.45) is 0 Å². The van der Waals surface area contributed by atoms with Gasteiger partial charge in [0.05, 0.1) is 12.2 Å². The van der Waals surface area contributed by atoms with Crippen molar-refractivity contribution in [2.45, 2.75) is 51.2 Å². The first kappa shape index (κ1) is 19.3. The van der Waals surface area contributed by atoms with E-state index in [0.717, 1.165) is 49.0 Å². The average molecular weight is 363 g/mol. The largest absolute Gasteiger partial charge is 0.494 e. The third-order valence-electron chi connectivity index (χ3n) is 3.73. The van der Waals surface area contributed by atoms with Gasteiger partial charge in [0.25, 0.3) is 0 Å². The fraction of sp³-hybridized carbons (Fsp3) is 0.500. The summed E-state index contributed by atoms with van der Waals surface area (Å²) in [7, 11) is 0. The number of aryl methyl sites for hydroxylation is 1. The van der Waals surface area contributed by atoms with Crippen molar-refractivity contribution in [3.8, 4) is 5.75 Å². The summed E-state index contributed by atoms with van der Waals surface area (Å²) in [5.41, 5.74) is 0.238. The highest BCUT2D eigenvalue weighted by Gasteiger charge is 2.10. The van der Waals surface area contributed by atoms with Gasteiger partial charge in [0.2, 0.25) is 0 Å². The topological polar surface area (TPSA) is 77.2 Å². The summed E-state index contributed by atoms with van der Waals surface area (Å²) in [6.45, 7) is 5.71. The molecule has 2 aromatic rings. The monoisotopic (exact) mass is 363 g/mol. The van der Waals surface area contributed by atoms with E-state index in [0.29, 0.717) is 12.4 Å². The molecule has 0 amide bonds. The van der Waals surface area contributed by atoms with Gasteiger partial charge in [-0.1, -0.05) is 31.2 Å². The van der Waals surface area contributed by atoms with Crippen LogP contribution in [0.3, 0.4) is 0 Å². The predicted octanol–water partition coefficient (Wildman–Crippen LogP) is 3.90. The van der Waals surface area contributed by atoms with Gasteiger partial charge in [-0.2, -0.15) is 0 Å². The maximum Gasteiger partial charge on any atom is 0.335 e. The van der Waals surface area contributed by atoms with Gasteiger partial charge < -0.3 is 14.4 Å². The molecule has 1 heterocycles. The van der Waals surface area contributed by atoms with Gasteiger partial charge in [0.1, 0.15) is 11.6 Å². The molecule has 0 radical (unpaired) electrons. The smallest absolute Gasteiger partial charge is 0.335 e. The second kappa shape index (κ2) is 10.1. The Morgan fingerprint density at radius 1 is 1.28 bits per heavy atom. The zero-order valence-corrected chi connectivity index (χ0v) is 15.6. The molecular formula is C18H25N3O3S. The van der Waals surface area contributed by atoms with Crippen LogP contribution in [0.5, 0.6) is 5.75 Å². The van der Waals surface area contributed by atoms with Crippen LogP contribution in [0, 0.1) is 0 Å². The lowest BCUT2D eigenvalue weighted by Gasteiger charge is -2.08. The first-order valence-electron chi connectivity index (χ1n) is 8.66. The Morgan fingerprint density at radius 3 is 2.84 bits per heavy atom. The van der Waals surface area contributed by atoms with Crippen molar-refractivity contribution in [1.29, 1.82) is 0 Å². The SMILES string of the molecule is CCCCc1nnc(SCCCOc2cccc(C(=O)O)c2)n1CC. The zero-order chi connectivity index (χ0) is 18.1. The highest BCUT2D eigenvalue weighted by atomic mass is 32.2. The molecule has 0 bridgehead atoms. The Labute approximate surface area is 152 Å². The first-order valence-corrected chi connectivity index (χ1v) is 9.65. The minimum atomic E-state index is -0.946. The lowest BCUT2D eigenvalue weighted by Crippen LogP contribution is -2.04. The number of hydrogen-bond donors (Lipinski definition) is 1. The van der Waals surface area contributed by atoms with Gasteiger partial charge in [-0.05, 0) is 38.0 Å². The Hall–Kier alpha value is -2.02. The summed E-state index contributed by atoms with van der Waals surface area (Å²) in [6.07, 6.45) is 4.11. The lowest BCUT2D eigenvalue weighted by molar-refractivity contribution is 0.0696. The zero-order valence-electron chi connectivity index (χ0n) is 14.8. The molecule has 0 aliphatic carbocycles. The van der Waals surface area contributed by atoms with E-state index in [9.17, 15) is 4.79 Å². The average Bonchev–Trinajstić information content (AvgIpc) is 3.01. The van der Waals surface area contributed by atoms with E-state index in [1.807, 2.05) is 0 Å². The number of aromatic carboxylic acids is 1. The second-order valence-electron chi connectivity index (χ2n) is 5.63. The van der Waals surface area contributed by atoms with Crippen LogP contribution < -0.4 is 4.74 Å². The highest BCUT2D eigenvalue weighted by molar-refractivity contribution is 7.99. The van der Waals surface area contributed by atoms with Gasteiger partial charge >= 0.3 is 5.97 Å². The molecule has 1 aromatic heterocycles. The van der Waals surface area contributed by atoms with E-state index in [2.05, 4.69) is 28.6 Å². The minimum Gasteiger partial charge on any atom is -0.494 e. The van der Waals surface area contributed by atoms with E-state index in [1.54, 1.807) is 36.0 Å². The third kappa shape index (κ3) is 5.77. The van der Waals surface area contributed by atoms with E-state index in [-0.39, 0.29) is 5.56 Å². The standard InChI is InChI=1S/C18H25N3O3S/c1-3-5-10-16-19-20-18(21(16)4-2)25-12-7-11-24-15-9-6-8-14(13-15)17(22)23/h6,8-9,13H,3-5,7,10-12H2,1-2H3,(H,22,23). The van der Waals surface area contributed by atoms with Gasteiger partial charge in [0.15, 0.2) is 5.16 Å². The van der Waals surface area contributed by atoms with E-state index < -0.39 is 5.97 Å². The van der Waals surface area contributed by atoms with Crippen LogP contribution in [-0.4, -0.2) is 38.2 Å². The number of thioether (sulfide) groups is 1. The molecule has 0 saturated heterocycles. The minimum absolute atomic E-state index is 0.238. The number of ether oxygens (including phenoxy) is 1. The predicted molar refractivity (Wildman–Crippen MR) is 98.5 cm³/mol. The fourth-order valence-corrected chi connectivity index (χ4v) is 3.33. The van der Waals surface area contributed by atoms with E-state index in [4.69, 9.17) is 9.84 Å². The van der Waals surface area contributed by atoms with Crippen LogP contribution >= 0.6 is 11.8 Å². The molecule has 0 saturated carbocycles. The summed E-state index contributed by atoms with van der Waals surface area (Å²) in [5.74, 6) is 1.58. The van der Waals surface area contributed by atoms with Crippen molar-refractivity contribution in [3.63, 3.8) is 0 Å². The third-order valence-corrected chi connectivity index (χ3v) is 4.79. The first-order chi connectivity index (χ1) is 12.2. The summed E-state index contributed by atoms with van der Waals surface area (Å²) in [6, 6.07) is 6.56. The Morgan fingerprint density at radius 2 is 2.12 bits per heavy atom. The number of hydrogen-bond acceptors (Lipinski definition) is 5. The Balaban J connectivity index is 1.77. The van der Waals surface area contributed by atoms with Crippen molar-refractivity contribution >= 4 is 17.7 Å². The molecule has 6 nitrogen and oxygen atoms in total. The number of unbranched alkanes of at least 4 members (excludes halogenated alkanes) is 1. The molecule has 136 valence electrons. The lowest BCUT2D eigenvalue weighted by atomic mass is 10.2. The summed E-state index contributed by atoms with van der Waals surface area (Å²) >= 11 is 1.68. The molecule has 1 N–H and O–H groups in total. The summed E-state index contributed by atoms with van der Waals surface area (Å²) < 4.78 is 7.81. The molecule has 0 unspecified atom stereocenters. The molecule has 0 spiro atoms.